The molecule has 0 spiro atoms. The minimum atomic E-state index is -1.10. The van der Waals surface area contributed by atoms with Crippen LogP contribution in [0.2, 0.25) is 0 Å². The summed E-state index contributed by atoms with van der Waals surface area (Å²) in [5.41, 5.74) is 3.12. The van der Waals surface area contributed by atoms with Crippen LogP contribution >= 0.6 is 11.3 Å². The smallest absolute Gasteiger partial charge is 0.341 e. The first kappa shape index (κ1) is 27.8. The van der Waals surface area contributed by atoms with E-state index in [1.54, 1.807) is 42.7 Å². The maximum atomic E-state index is 13.8. The topological polar surface area (TPSA) is 116 Å². The number of rotatable bonds is 9. The Morgan fingerprint density at radius 1 is 1.15 bits per heavy atom. The zero-order valence-corrected chi connectivity index (χ0v) is 23.2. The van der Waals surface area contributed by atoms with E-state index in [2.05, 4.69) is 18.8 Å². The Hall–Kier alpha value is -4.18. The van der Waals surface area contributed by atoms with Crippen molar-refractivity contribution in [3.05, 3.63) is 90.1 Å². The van der Waals surface area contributed by atoms with Crippen LogP contribution in [0.4, 0.5) is 0 Å². The second-order valence-electron chi connectivity index (χ2n) is 9.22. The molecule has 1 atom stereocenters. The molecular formula is C29H30N2O7S. The molecule has 2 aromatic carbocycles. The van der Waals surface area contributed by atoms with Crippen molar-refractivity contribution in [3.63, 3.8) is 0 Å². The van der Waals surface area contributed by atoms with Gasteiger partial charge in [-0.1, -0.05) is 55.5 Å². The first-order valence-electron chi connectivity index (χ1n) is 12.5. The molecule has 1 aliphatic rings. The molecule has 3 aromatic rings. The molecule has 10 heteroatoms. The molecule has 2 heterocycles. The van der Waals surface area contributed by atoms with Crippen molar-refractivity contribution in [2.75, 3.05) is 20.3 Å². The average molecular weight is 551 g/mol. The highest BCUT2D eigenvalue weighted by atomic mass is 32.1. The number of fused-ring (bicyclic) bond motifs is 1. The van der Waals surface area contributed by atoms with Gasteiger partial charge in [0.1, 0.15) is 0 Å². The van der Waals surface area contributed by atoms with Crippen molar-refractivity contribution in [2.45, 2.75) is 39.7 Å². The number of carboxylic acids is 1. The fraction of sp³-hybridized carbons (Fsp3) is 0.310. The Bertz CT molecular complexity index is 1610. The SMILES string of the molecule is CCOC(=O)C1=C(C)N=c2sc(=Cc3ccc(OCC(=O)O)c(OC)c3)c(=O)n2C1c1ccc(C(C)C)cc1. The number of esters is 1. The van der Waals surface area contributed by atoms with Gasteiger partial charge in [0.2, 0.25) is 0 Å². The molecule has 0 amide bonds. The van der Waals surface area contributed by atoms with Gasteiger partial charge in [0, 0.05) is 0 Å². The molecular weight excluding hydrogens is 520 g/mol. The predicted molar refractivity (Wildman–Crippen MR) is 147 cm³/mol. The Balaban J connectivity index is 1.85. The number of carbonyl (C=O) groups excluding carboxylic acids is 1. The number of aromatic nitrogens is 1. The molecule has 1 aromatic heterocycles. The number of ether oxygens (including phenoxy) is 3. The van der Waals surface area contributed by atoms with Crippen molar-refractivity contribution in [1.29, 1.82) is 0 Å². The summed E-state index contributed by atoms with van der Waals surface area (Å²) >= 11 is 1.22. The van der Waals surface area contributed by atoms with Crippen LogP contribution in [0.25, 0.3) is 6.08 Å². The summed E-state index contributed by atoms with van der Waals surface area (Å²) in [4.78, 5) is 42.8. The highest BCUT2D eigenvalue weighted by Crippen LogP contribution is 2.32. The lowest BCUT2D eigenvalue weighted by Gasteiger charge is -2.25. The zero-order chi connectivity index (χ0) is 28.3. The van der Waals surface area contributed by atoms with E-state index in [9.17, 15) is 14.4 Å². The van der Waals surface area contributed by atoms with Crippen molar-refractivity contribution in [3.8, 4) is 11.5 Å². The molecule has 0 bridgehead atoms. The average Bonchev–Trinajstić information content (AvgIpc) is 3.21. The molecule has 1 aliphatic heterocycles. The number of hydrogen-bond acceptors (Lipinski definition) is 8. The standard InChI is InChI=1S/C29H30N2O7S/c1-6-37-28(35)25-17(4)30-29-31(26(25)20-10-8-19(9-11-20)16(2)3)27(34)23(39-29)14-18-7-12-21(22(13-18)36-5)38-15-24(32)33/h7-14,16,26H,6,15H2,1-5H3,(H,32,33). The fourth-order valence-corrected chi connectivity index (χ4v) is 5.40. The largest absolute Gasteiger partial charge is 0.493 e. The second kappa shape index (κ2) is 11.7. The van der Waals surface area contributed by atoms with Crippen LogP contribution in [0.5, 0.6) is 11.5 Å². The number of thiazole rings is 1. The highest BCUT2D eigenvalue weighted by molar-refractivity contribution is 7.07. The fourth-order valence-electron chi connectivity index (χ4n) is 4.35. The van der Waals surface area contributed by atoms with Crippen LogP contribution in [-0.4, -0.2) is 41.9 Å². The van der Waals surface area contributed by atoms with E-state index in [1.807, 2.05) is 24.3 Å². The quantitative estimate of drug-likeness (QED) is 0.406. The van der Waals surface area contributed by atoms with Gasteiger partial charge in [-0.25, -0.2) is 14.6 Å². The molecule has 0 saturated carbocycles. The lowest BCUT2D eigenvalue weighted by Crippen LogP contribution is -2.39. The normalized spacial score (nSPS) is 15.1. The molecule has 39 heavy (non-hydrogen) atoms. The third-order valence-electron chi connectivity index (χ3n) is 6.27. The summed E-state index contributed by atoms with van der Waals surface area (Å²) in [7, 11) is 1.45. The molecule has 1 N–H and O–H groups in total. The van der Waals surface area contributed by atoms with E-state index < -0.39 is 24.6 Å². The number of carbonyl (C=O) groups is 2. The first-order chi connectivity index (χ1) is 18.6. The molecule has 9 nitrogen and oxygen atoms in total. The number of allylic oxidation sites excluding steroid dienone is 1. The molecule has 1 unspecified atom stereocenters. The van der Waals surface area contributed by atoms with E-state index in [1.165, 1.54) is 18.4 Å². The van der Waals surface area contributed by atoms with Crippen molar-refractivity contribution < 1.29 is 28.9 Å². The van der Waals surface area contributed by atoms with Crippen LogP contribution < -0.4 is 24.4 Å². The van der Waals surface area contributed by atoms with Gasteiger partial charge in [0.25, 0.3) is 5.56 Å². The maximum absolute atomic E-state index is 13.8. The van der Waals surface area contributed by atoms with E-state index in [0.29, 0.717) is 37.8 Å². The van der Waals surface area contributed by atoms with Crippen LogP contribution in [0.1, 0.15) is 56.3 Å². The highest BCUT2D eigenvalue weighted by Gasteiger charge is 2.33. The van der Waals surface area contributed by atoms with Crippen molar-refractivity contribution in [2.24, 2.45) is 4.99 Å². The van der Waals surface area contributed by atoms with Gasteiger partial charge in [-0.2, -0.15) is 0 Å². The molecule has 0 saturated heterocycles. The third-order valence-corrected chi connectivity index (χ3v) is 7.26. The summed E-state index contributed by atoms with van der Waals surface area (Å²) in [5.74, 6) is -0.666. The van der Waals surface area contributed by atoms with Gasteiger partial charge in [0.15, 0.2) is 22.9 Å². The van der Waals surface area contributed by atoms with Crippen LogP contribution in [0, 0.1) is 0 Å². The minimum absolute atomic E-state index is 0.201. The summed E-state index contributed by atoms with van der Waals surface area (Å²) in [6.07, 6.45) is 1.70. The van der Waals surface area contributed by atoms with E-state index >= 15 is 0 Å². The lowest BCUT2D eigenvalue weighted by atomic mass is 9.93. The van der Waals surface area contributed by atoms with Gasteiger partial charge in [-0.15, -0.1) is 0 Å². The van der Waals surface area contributed by atoms with E-state index in [4.69, 9.17) is 19.3 Å². The third kappa shape index (κ3) is 5.80. The Kier molecular flexibility index (Phi) is 8.35. The molecule has 0 radical (unpaired) electrons. The van der Waals surface area contributed by atoms with E-state index in [-0.39, 0.29) is 17.9 Å². The number of benzene rings is 2. The lowest BCUT2D eigenvalue weighted by molar-refractivity contribution is -0.140. The molecule has 0 aliphatic carbocycles. The van der Waals surface area contributed by atoms with Gasteiger partial charge in [-0.05, 0) is 54.7 Å². The summed E-state index contributed by atoms with van der Waals surface area (Å²) < 4.78 is 17.9. The number of hydrogen-bond donors (Lipinski definition) is 1. The molecule has 204 valence electrons. The first-order valence-corrected chi connectivity index (χ1v) is 13.3. The number of aliphatic carboxylic acids is 1. The van der Waals surface area contributed by atoms with Crippen LogP contribution in [0.15, 0.2) is 63.5 Å². The summed E-state index contributed by atoms with van der Waals surface area (Å²) in [5, 5.41) is 8.89. The number of nitrogens with zero attached hydrogens (tertiary/aromatic N) is 2. The Labute approximate surface area is 229 Å². The summed E-state index contributed by atoms with van der Waals surface area (Å²) in [6, 6.07) is 12.2. The maximum Gasteiger partial charge on any atom is 0.341 e. The second-order valence-corrected chi connectivity index (χ2v) is 10.2. The van der Waals surface area contributed by atoms with Gasteiger partial charge >= 0.3 is 11.9 Å². The van der Waals surface area contributed by atoms with Gasteiger partial charge in [-0.3, -0.25) is 9.36 Å². The van der Waals surface area contributed by atoms with Crippen LogP contribution in [-0.2, 0) is 14.3 Å². The van der Waals surface area contributed by atoms with Crippen LogP contribution in [0.3, 0.4) is 0 Å². The molecule has 4 rings (SSSR count). The molecule has 0 fully saturated rings. The number of methoxy groups -OCH3 is 1. The zero-order valence-electron chi connectivity index (χ0n) is 22.4. The number of carboxylic acid groups (broad SMARTS) is 1. The monoisotopic (exact) mass is 550 g/mol. The Morgan fingerprint density at radius 2 is 1.87 bits per heavy atom. The minimum Gasteiger partial charge on any atom is -0.493 e. The predicted octanol–water partition coefficient (Wildman–Crippen LogP) is 3.39. The van der Waals surface area contributed by atoms with E-state index in [0.717, 1.165) is 11.1 Å². The van der Waals surface area contributed by atoms with Crippen molar-refractivity contribution >= 4 is 29.4 Å². The van der Waals surface area contributed by atoms with Crippen molar-refractivity contribution in [1.82, 2.24) is 4.57 Å². The van der Waals surface area contributed by atoms with Gasteiger partial charge in [0.05, 0.1) is 35.6 Å². The van der Waals surface area contributed by atoms with Gasteiger partial charge < -0.3 is 19.3 Å². The summed E-state index contributed by atoms with van der Waals surface area (Å²) in [6.45, 7) is 7.39. The Morgan fingerprint density at radius 3 is 2.49 bits per heavy atom.